The highest BCUT2D eigenvalue weighted by molar-refractivity contribution is 5.95. The molecule has 1 heterocycles. The molecule has 0 fully saturated rings. The van der Waals surface area contributed by atoms with Crippen molar-refractivity contribution in [2.45, 2.75) is 56.8 Å². The molecule has 37 heavy (non-hydrogen) atoms. The maximum Gasteiger partial charge on any atom is 0.326 e. The van der Waals surface area contributed by atoms with Crippen LogP contribution in [0.2, 0.25) is 0 Å². The summed E-state index contributed by atoms with van der Waals surface area (Å²) in [6.45, 7) is 1.31. The van der Waals surface area contributed by atoms with E-state index in [4.69, 9.17) is 16.6 Å². The number of carbonyl (C=O) groups excluding carboxylic acids is 4. The van der Waals surface area contributed by atoms with Crippen molar-refractivity contribution in [1.29, 1.82) is 0 Å². The molecule has 2 rings (SSSR count). The van der Waals surface area contributed by atoms with Gasteiger partial charge in [0.25, 0.3) is 0 Å². The molecule has 0 aliphatic carbocycles. The summed E-state index contributed by atoms with van der Waals surface area (Å²) in [4.78, 5) is 74.4. The van der Waals surface area contributed by atoms with Crippen LogP contribution in [0.25, 0.3) is 10.9 Å². The number of carbonyl (C=O) groups is 6. The zero-order valence-corrected chi connectivity index (χ0v) is 20.0. The van der Waals surface area contributed by atoms with E-state index in [0.717, 1.165) is 10.9 Å². The van der Waals surface area contributed by atoms with Crippen LogP contribution >= 0.6 is 0 Å². The number of para-hydroxylation sites is 1. The molecule has 0 spiro atoms. The molecule has 2 aromatic rings. The summed E-state index contributed by atoms with van der Waals surface area (Å²) in [5.41, 5.74) is 12.1. The van der Waals surface area contributed by atoms with Gasteiger partial charge in [0.2, 0.25) is 23.6 Å². The zero-order chi connectivity index (χ0) is 27.7. The summed E-state index contributed by atoms with van der Waals surface area (Å²) in [7, 11) is 0. The smallest absolute Gasteiger partial charge is 0.326 e. The SMILES string of the molecule is CC(NC(=O)C(CCC(N)=O)NC(=O)C(N)CC(=O)O)C(=O)NC(Cc1c[nH]c2ccccc12)C(=O)O. The number of hydrogen-bond donors (Lipinski definition) is 8. The average molecular weight is 519 g/mol. The van der Waals surface area contributed by atoms with Crippen LogP contribution in [0, 0.1) is 0 Å². The van der Waals surface area contributed by atoms with Crippen LogP contribution in [-0.4, -0.2) is 74.9 Å². The van der Waals surface area contributed by atoms with Crippen molar-refractivity contribution in [3.63, 3.8) is 0 Å². The molecule has 10 N–H and O–H groups in total. The van der Waals surface area contributed by atoms with Gasteiger partial charge in [-0.15, -0.1) is 0 Å². The number of primary amides is 1. The summed E-state index contributed by atoms with van der Waals surface area (Å²) in [5, 5.41) is 26.2. The molecule has 14 heteroatoms. The number of fused-ring (bicyclic) bond motifs is 1. The van der Waals surface area contributed by atoms with Gasteiger partial charge in [-0.3, -0.25) is 24.0 Å². The summed E-state index contributed by atoms with van der Waals surface area (Å²) >= 11 is 0. The van der Waals surface area contributed by atoms with E-state index in [1.165, 1.54) is 6.92 Å². The average Bonchev–Trinajstić information content (AvgIpc) is 3.23. The number of aromatic nitrogens is 1. The minimum Gasteiger partial charge on any atom is -0.481 e. The number of H-pyrrole nitrogens is 1. The van der Waals surface area contributed by atoms with Crippen LogP contribution in [0.1, 0.15) is 31.7 Å². The van der Waals surface area contributed by atoms with Crippen LogP contribution < -0.4 is 27.4 Å². The number of carboxylic acids is 2. The van der Waals surface area contributed by atoms with E-state index in [2.05, 4.69) is 20.9 Å². The molecule has 0 bridgehead atoms. The predicted molar refractivity (Wildman–Crippen MR) is 130 cm³/mol. The first-order valence-corrected chi connectivity index (χ1v) is 11.3. The number of aromatic amines is 1. The third-order valence-corrected chi connectivity index (χ3v) is 5.51. The molecule has 0 aliphatic rings. The van der Waals surface area contributed by atoms with E-state index >= 15 is 0 Å². The Morgan fingerprint density at radius 2 is 1.59 bits per heavy atom. The van der Waals surface area contributed by atoms with Crippen LogP contribution in [0.15, 0.2) is 30.5 Å². The van der Waals surface area contributed by atoms with Crippen molar-refractivity contribution in [3.8, 4) is 0 Å². The van der Waals surface area contributed by atoms with Crippen molar-refractivity contribution in [1.82, 2.24) is 20.9 Å². The van der Waals surface area contributed by atoms with Gasteiger partial charge in [-0.1, -0.05) is 18.2 Å². The fourth-order valence-electron chi connectivity index (χ4n) is 3.51. The Balaban J connectivity index is 2.05. The highest BCUT2D eigenvalue weighted by atomic mass is 16.4. The van der Waals surface area contributed by atoms with Gasteiger partial charge < -0.3 is 42.6 Å². The van der Waals surface area contributed by atoms with Gasteiger partial charge in [0, 0.05) is 29.9 Å². The van der Waals surface area contributed by atoms with Crippen molar-refractivity contribution in [3.05, 3.63) is 36.0 Å². The summed E-state index contributed by atoms with van der Waals surface area (Å²) in [5.74, 6) is -5.99. The number of nitrogens with two attached hydrogens (primary N) is 2. The highest BCUT2D eigenvalue weighted by Gasteiger charge is 2.29. The van der Waals surface area contributed by atoms with Gasteiger partial charge in [0.1, 0.15) is 18.1 Å². The summed E-state index contributed by atoms with van der Waals surface area (Å²) in [6.07, 6.45) is 0.406. The van der Waals surface area contributed by atoms with Crippen molar-refractivity contribution in [2.75, 3.05) is 0 Å². The lowest BCUT2D eigenvalue weighted by atomic mass is 10.0. The molecule has 0 saturated heterocycles. The lowest BCUT2D eigenvalue weighted by Gasteiger charge is -2.23. The third-order valence-electron chi connectivity index (χ3n) is 5.51. The van der Waals surface area contributed by atoms with Crippen molar-refractivity contribution >= 4 is 46.5 Å². The Hall–Kier alpha value is -4.46. The number of amides is 4. The van der Waals surface area contributed by atoms with E-state index < -0.39 is 66.2 Å². The molecule has 0 radical (unpaired) electrons. The molecule has 4 amide bonds. The predicted octanol–water partition coefficient (Wildman–Crippen LogP) is -1.66. The summed E-state index contributed by atoms with van der Waals surface area (Å²) in [6, 6.07) is 1.93. The van der Waals surface area contributed by atoms with E-state index in [1.807, 2.05) is 18.2 Å². The van der Waals surface area contributed by atoms with Gasteiger partial charge in [-0.05, 0) is 25.0 Å². The second-order valence-electron chi connectivity index (χ2n) is 8.46. The minimum atomic E-state index is -1.46. The Labute approximate surface area is 211 Å². The maximum atomic E-state index is 12.7. The number of rotatable bonds is 14. The van der Waals surface area contributed by atoms with Crippen molar-refractivity contribution in [2.24, 2.45) is 11.5 Å². The molecule has 0 saturated carbocycles. The van der Waals surface area contributed by atoms with Gasteiger partial charge >= 0.3 is 11.9 Å². The van der Waals surface area contributed by atoms with E-state index in [-0.39, 0.29) is 19.3 Å². The Morgan fingerprint density at radius 1 is 0.946 bits per heavy atom. The van der Waals surface area contributed by atoms with Gasteiger partial charge in [-0.2, -0.15) is 0 Å². The molecular weight excluding hydrogens is 488 g/mol. The Bertz CT molecular complexity index is 1180. The Morgan fingerprint density at radius 3 is 2.22 bits per heavy atom. The largest absolute Gasteiger partial charge is 0.481 e. The standard InChI is InChI=1S/C23H30N6O8/c1-11(27-22(35)16(6-7-18(25)30)28-21(34)14(24)9-19(31)32)20(33)29-17(23(36)37)8-12-10-26-15-5-3-2-4-13(12)15/h2-5,10-11,14,16-17,26H,6-9,24H2,1H3,(H2,25,30)(H,27,35)(H,28,34)(H,29,33)(H,31,32)(H,36,37). The molecule has 14 nitrogen and oxygen atoms in total. The highest BCUT2D eigenvalue weighted by Crippen LogP contribution is 2.19. The third kappa shape index (κ3) is 8.61. The summed E-state index contributed by atoms with van der Waals surface area (Å²) < 4.78 is 0. The van der Waals surface area contributed by atoms with E-state index in [1.54, 1.807) is 12.3 Å². The van der Waals surface area contributed by atoms with Gasteiger partial charge in [0.15, 0.2) is 0 Å². The fraction of sp³-hybridized carbons (Fsp3) is 0.391. The monoisotopic (exact) mass is 518 g/mol. The first-order chi connectivity index (χ1) is 17.4. The minimum absolute atomic E-state index is 0.0233. The first kappa shape index (κ1) is 28.8. The van der Waals surface area contributed by atoms with Crippen LogP contribution in [0.5, 0.6) is 0 Å². The number of aliphatic carboxylic acids is 2. The fourth-order valence-corrected chi connectivity index (χ4v) is 3.51. The second kappa shape index (κ2) is 13.0. The molecule has 4 atom stereocenters. The molecule has 1 aromatic heterocycles. The number of nitrogens with one attached hydrogen (secondary N) is 4. The van der Waals surface area contributed by atoms with E-state index in [0.29, 0.717) is 5.56 Å². The molecule has 0 aliphatic heterocycles. The van der Waals surface area contributed by atoms with Crippen LogP contribution in [0.4, 0.5) is 0 Å². The second-order valence-corrected chi connectivity index (χ2v) is 8.46. The van der Waals surface area contributed by atoms with Crippen molar-refractivity contribution < 1.29 is 39.0 Å². The molecule has 1 aromatic carbocycles. The van der Waals surface area contributed by atoms with Crippen LogP contribution in [0.3, 0.4) is 0 Å². The molecule has 200 valence electrons. The quantitative estimate of drug-likeness (QED) is 0.142. The van der Waals surface area contributed by atoms with Gasteiger partial charge in [0.05, 0.1) is 12.5 Å². The topological polar surface area (TPSA) is 247 Å². The first-order valence-electron chi connectivity index (χ1n) is 11.3. The maximum absolute atomic E-state index is 12.7. The molecular formula is C23H30N6O8. The number of carboxylic acid groups (broad SMARTS) is 2. The number of hydrogen-bond acceptors (Lipinski definition) is 7. The lowest BCUT2D eigenvalue weighted by Crippen LogP contribution is -2.56. The molecule has 4 unspecified atom stereocenters. The van der Waals surface area contributed by atoms with E-state index in [9.17, 15) is 33.9 Å². The normalized spacial score (nSPS) is 14.1. The Kier molecular flexibility index (Phi) is 10.1. The van der Waals surface area contributed by atoms with Crippen LogP contribution in [-0.2, 0) is 35.2 Å². The lowest BCUT2D eigenvalue weighted by molar-refractivity contribution is -0.142. The number of benzene rings is 1. The zero-order valence-electron chi connectivity index (χ0n) is 20.0. The van der Waals surface area contributed by atoms with Gasteiger partial charge in [-0.25, -0.2) is 4.79 Å².